The van der Waals surface area contributed by atoms with E-state index < -0.39 is 16.1 Å². The Kier molecular flexibility index (Phi) is 7.24. The number of anilines is 1. The van der Waals surface area contributed by atoms with Crippen LogP contribution in [0.3, 0.4) is 0 Å². The van der Waals surface area contributed by atoms with Crippen molar-refractivity contribution in [2.75, 3.05) is 17.1 Å². The van der Waals surface area contributed by atoms with Crippen molar-refractivity contribution >= 4 is 21.6 Å². The lowest BCUT2D eigenvalue weighted by Crippen LogP contribution is -2.48. The molecule has 6 heteroatoms. The molecule has 0 saturated heterocycles. The first-order chi connectivity index (χ1) is 13.1. The minimum atomic E-state index is -3.60. The molecule has 0 spiro atoms. The van der Waals surface area contributed by atoms with Crippen molar-refractivity contribution in [3.05, 3.63) is 64.7 Å². The summed E-state index contributed by atoms with van der Waals surface area (Å²) in [5.41, 5.74) is 4.87. The lowest BCUT2D eigenvalue weighted by Gasteiger charge is -2.28. The number of aryl methyl sites for hydroxylation is 4. The van der Waals surface area contributed by atoms with Crippen molar-refractivity contribution in [3.8, 4) is 0 Å². The normalized spacial score (nSPS) is 12.5. The lowest BCUT2D eigenvalue weighted by molar-refractivity contribution is -0.121. The third kappa shape index (κ3) is 6.09. The fourth-order valence-corrected chi connectivity index (χ4v) is 4.45. The summed E-state index contributed by atoms with van der Waals surface area (Å²) in [5, 5.41) is 2.87. The standard InChI is InChI=1S/C22H30N2O3S/c1-16-8-10-20(11-9-16)7-6-12-23-22(25)19(4)24(28(5,26)27)21-14-17(2)13-18(3)15-21/h8-11,13-15,19H,6-7,12H2,1-5H3,(H,23,25). The van der Waals surface area contributed by atoms with E-state index in [0.717, 1.165) is 30.2 Å². The highest BCUT2D eigenvalue weighted by Crippen LogP contribution is 2.23. The van der Waals surface area contributed by atoms with Crippen molar-refractivity contribution in [2.45, 2.75) is 46.6 Å². The highest BCUT2D eigenvalue weighted by molar-refractivity contribution is 7.92. The quantitative estimate of drug-likeness (QED) is 0.687. The molecule has 0 heterocycles. The fraction of sp³-hybridized carbons (Fsp3) is 0.409. The Labute approximate surface area is 168 Å². The van der Waals surface area contributed by atoms with Gasteiger partial charge >= 0.3 is 0 Å². The second-order valence-corrected chi connectivity index (χ2v) is 9.32. The van der Waals surface area contributed by atoms with Gasteiger partial charge in [0, 0.05) is 6.54 Å². The molecule has 5 nitrogen and oxygen atoms in total. The smallest absolute Gasteiger partial charge is 0.243 e. The van der Waals surface area contributed by atoms with Gasteiger partial charge in [0.15, 0.2) is 0 Å². The van der Waals surface area contributed by atoms with Gasteiger partial charge in [0.2, 0.25) is 15.9 Å². The third-order valence-corrected chi connectivity index (χ3v) is 5.85. The van der Waals surface area contributed by atoms with Gasteiger partial charge < -0.3 is 5.32 Å². The zero-order valence-electron chi connectivity index (χ0n) is 17.3. The average Bonchev–Trinajstić information content (AvgIpc) is 2.58. The van der Waals surface area contributed by atoms with Crippen LogP contribution in [-0.4, -0.2) is 33.2 Å². The van der Waals surface area contributed by atoms with E-state index in [1.54, 1.807) is 19.1 Å². The van der Waals surface area contributed by atoms with Gasteiger partial charge in [-0.2, -0.15) is 0 Å². The van der Waals surface area contributed by atoms with E-state index in [0.29, 0.717) is 12.2 Å². The van der Waals surface area contributed by atoms with E-state index in [9.17, 15) is 13.2 Å². The van der Waals surface area contributed by atoms with Gasteiger partial charge in [0.25, 0.3) is 0 Å². The molecule has 0 saturated carbocycles. The number of nitrogens with one attached hydrogen (secondary N) is 1. The van der Waals surface area contributed by atoms with Crippen LogP contribution >= 0.6 is 0 Å². The molecule has 0 bridgehead atoms. The Hall–Kier alpha value is -2.34. The molecular formula is C22H30N2O3S. The van der Waals surface area contributed by atoms with Gasteiger partial charge in [-0.25, -0.2) is 8.42 Å². The maximum atomic E-state index is 12.6. The molecule has 152 valence electrons. The number of amides is 1. The second kappa shape index (κ2) is 9.24. The summed E-state index contributed by atoms with van der Waals surface area (Å²) in [6.07, 6.45) is 2.79. The molecule has 0 radical (unpaired) electrons. The van der Waals surface area contributed by atoms with Gasteiger partial charge in [-0.3, -0.25) is 9.10 Å². The highest BCUT2D eigenvalue weighted by atomic mass is 32.2. The van der Waals surface area contributed by atoms with Crippen LogP contribution in [0.15, 0.2) is 42.5 Å². The molecule has 0 fully saturated rings. The second-order valence-electron chi connectivity index (χ2n) is 7.46. The molecule has 0 aliphatic rings. The monoisotopic (exact) mass is 402 g/mol. The predicted octanol–water partition coefficient (Wildman–Crippen LogP) is 3.52. The van der Waals surface area contributed by atoms with Gasteiger partial charge in [-0.15, -0.1) is 0 Å². The largest absolute Gasteiger partial charge is 0.354 e. The van der Waals surface area contributed by atoms with Crippen molar-refractivity contribution in [3.63, 3.8) is 0 Å². The van der Waals surface area contributed by atoms with Crippen LogP contribution in [0, 0.1) is 20.8 Å². The predicted molar refractivity (Wildman–Crippen MR) is 115 cm³/mol. The molecule has 1 N–H and O–H groups in total. The van der Waals surface area contributed by atoms with Gasteiger partial charge in [0.1, 0.15) is 6.04 Å². The van der Waals surface area contributed by atoms with Gasteiger partial charge in [-0.05, 0) is 69.4 Å². The van der Waals surface area contributed by atoms with E-state index >= 15 is 0 Å². The first-order valence-corrected chi connectivity index (χ1v) is 11.3. The van der Waals surface area contributed by atoms with Gasteiger partial charge in [-0.1, -0.05) is 35.9 Å². The van der Waals surface area contributed by atoms with Crippen molar-refractivity contribution in [1.29, 1.82) is 0 Å². The zero-order chi connectivity index (χ0) is 20.9. The van der Waals surface area contributed by atoms with E-state index in [4.69, 9.17) is 0 Å². The van der Waals surface area contributed by atoms with E-state index in [1.165, 1.54) is 15.4 Å². The summed E-state index contributed by atoms with van der Waals surface area (Å²) in [5.74, 6) is -0.298. The Morgan fingerprint density at radius 1 is 1.00 bits per heavy atom. The number of carbonyl (C=O) groups is 1. The molecule has 1 atom stereocenters. The molecule has 2 aromatic rings. The minimum Gasteiger partial charge on any atom is -0.354 e. The number of sulfonamides is 1. The van der Waals surface area contributed by atoms with Crippen molar-refractivity contribution in [1.82, 2.24) is 5.32 Å². The summed E-state index contributed by atoms with van der Waals surface area (Å²) in [6.45, 7) is 7.99. The van der Waals surface area contributed by atoms with Crippen LogP contribution in [0.4, 0.5) is 5.69 Å². The van der Waals surface area contributed by atoms with E-state index in [1.807, 2.05) is 19.9 Å². The molecule has 0 aliphatic heterocycles. The average molecular weight is 403 g/mol. The molecule has 28 heavy (non-hydrogen) atoms. The molecule has 0 aromatic heterocycles. The Morgan fingerprint density at radius 3 is 2.11 bits per heavy atom. The minimum absolute atomic E-state index is 0.298. The first-order valence-electron chi connectivity index (χ1n) is 9.49. The van der Waals surface area contributed by atoms with Gasteiger partial charge in [0.05, 0.1) is 11.9 Å². The molecular weight excluding hydrogens is 372 g/mol. The Morgan fingerprint density at radius 2 is 1.57 bits per heavy atom. The van der Waals surface area contributed by atoms with E-state index in [-0.39, 0.29) is 5.91 Å². The highest BCUT2D eigenvalue weighted by Gasteiger charge is 2.29. The number of nitrogens with zero attached hydrogens (tertiary/aromatic N) is 1. The number of hydrogen-bond donors (Lipinski definition) is 1. The van der Waals surface area contributed by atoms with Crippen molar-refractivity contribution in [2.24, 2.45) is 0 Å². The SMILES string of the molecule is Cc1ccc(CCCNC(=O)C(C)N(c2cc(C)cc(C)c2)S(C)(=O)=O)cc1. The van der Waals surface area contributed by atoms with Crippen LogP contribution in [0.5, 0.6) is 0 Å². The number of benzene rings is 2. The summed E-state index contributed by atoms with van der Waals surface area (Å²) in [7, 11) is -3.60. The molecule has 2 rings (SSSR count). The molecule has 2 aromatic carbocycles. The number of carbonyl (C=O) groups excluding carboxylic acids is 1. The molecule has 1 unspecified atom stereocenters. The Bertz CT molecular complexity index is 901. The van der Waals surface area contributed by atoms with Crippen LogP contribution in [0.1, 0.15) is 35.6 Å². The van der Waals surface area contributed by atoms with Crippen LogP contribution in [-0.2, 0) is 21.2 Å². The van der Waals surface area contributed by atoms with Crippen molar-refractivity contribution < 1.29 is 13.2 Å². The summed E-state index contributed by atoms with van der Waals surface area (Å²) in [6, 6.07) is 13.0. The first kappa shape index (κ1) is 22.0. The summed E-state index contributed by atoms with van der Waals surface area (Å²) >= 11 is 0. The van der Waals surface area contributed by atoms with E-state index in [2.05, 4.69) is 36.5 Å². The summed E-state index contributed by atoms with van der Waals surface area (Å²) < 4.78 is 26.0. The lowest BCUT2D eigenvalue weighted by atomic mass is 10.1. The van der Waals surface area contributed by atoms with Crippen LogP contribution < -0.4 is 9.62 Å². The topological polar surface area (TPSA) is 66.5 Å². The third-order valence-electron chi connectivity index (χ3n) is 4.61. The van der Waals surface area contributed by atoms with Crippen LogP contribution in [0.2, 0.25) is 0 Å². The maximum absolute atomic E-state index is 12.6. The molecule has 0 aliphatic carbocycles. The number of rotatable bonds is 8. The maximum Gasteiger partial charge on any atom is 0.243 e. The summed E-state index contributed by atoms with van der Waals surface area (Å²) in [4.78, 5) is 12.6. The Balaban J connectivity index is 2.02. The fourth-order valence-electron chi connectivity index (χ4n) is 3.29. The number of hydrogen-bond acceptors (Lipinski definition) is 3. The van der Waals surface area contributed by atoms with Crippen LogP contribution in [0.25, 0.3) is 0 Å². The molecule has 1 amide bonds. The zero-order valence-corrected chi connectivity index (χ0v) is 18.1.